The zero-order valence-electron chi connectivity index (χ0n) is 25.8. The molecule has 0 atom stereocenters. The van der Waals surface area contributed by atoms with Gasteiger partial charge in [-0.25, -0.2) is 0 Å². The molecule has 0 aliphatic heterocycles. The number of anilines is 6. The second-order valence-electron chi connectivity index (χ2n) is 11.2. The minimum Gasteiger partial charge on any atom is -0.311 e. The van der Waals surface area contributed by atoms with E-state index in [-0.39, 0.29) is 0 Å². The summed E-state index contributed by atoms with van der Waals surface area (Å²) < 4.78 is 0. The first kappa shape index (κ1) is 29.8. The number of hydrogen-bond donors (Lipinski definition) is 0. The number of aryl methyl sites for hydroxylation is 3. The van der Waals surface area contributed by atoms with Crippen LogP contribution in [-0.4, -0.2) is 6.72 Å². The van der Waals surface area contributed by atoms with Crippen molar-refractivity contribution >= 4 is 46.5 Å². The molecule has 0 radical (unpaired) electrons. The summed E-state index contributed by atoms with van der Waals surface area (Å²) in [4.78, 5) is 8.72. The Morgan fingerprint density at radius 1 is 0.465 bits per heavy atom. The van der Waals surface area contributed by atoms with E-state index in [1.54, 1.807) is 0 Å². The van der Waals surface area contributed by atoms with Gasteiger partial charge >= 0.3 is 0 Å². The highest BCUT2D eigenvalue weighted by Gasteiger charge is 2.16. The Labute approximate surface area is 258 Å². The van der Waals surface area contributed by atoms with Crippen molar-refractivity contribution in [3.63, 3.8) is 0 Å². The van der Waals surface area contributed by atoms with Gasteiger partial charge in [0.05, 0.1) is 5.69 Å². The normalized spacial score (nSPS) is 10.9. The summed E-state index contributed by atoms with van der Waals surface area (Å²) in [7, 11) is 0. The number of rotatable bonds is 13. The van der Waals surface area contributed by atoms with Gasteiger partial charge in [0.15, 0.2) is 0 Å². The lowest BCUT2D eigenvalue weighted by molar-refractivity contribution is 0.795. The number of hydrogen-bond acceptors (Lipinski definition) is 3. The minimum atomic E-state index is 0.861. The van der Waals surface area contributed by atoms with Gasteiger partial charge in [-0.3, -0.25) is 4.99 Å². The van der Waals surface area contributed by atoms with Gasteiger partial charge in [-0.1, -0.05) is 68.7 Å². The highest BCUT2D eigenvalue weighted by atomic mass is 15.2. The van der Waals surface area contributed by atoms with Crippen LogP contribution in [0.1, 0.15) is 56.2 Å². The summed E-state index contributed by atoms with van der Waals surface area (Å²) in [6.07, 6.45) is 7.09. The smallest absolute Gasteiger partial charge is 0.0623 e. The van der Waals surface area contributed by atoms with Gasteiger partial charge in [-0.05, 0) is 135 Å². The summed E-state index contributed by atoms with van der Waals surface area (Å²) in [6, 6.07) is 43.9. The van der Waals surface area contributed by atoms with E-state index in [2.05, 4.69) is 151 Å². The molecule has 3 nitrogen and oxygen atoms in total. The lowest BCUT2D eigenvalue weighted by atomic mass is 10.1. The number of unbranched alkanes of at least 4 members (excludes halogenated alkanes) is 2. The molecule has 0 aliphatic rings. The van der Waals surface area contributed by atoms with Gasteiger partial charge in [-0.2, -0.15) is 0 Å². The van der Waals surface area contributed by atoms with Gasteiger partial charge in [0.1, 0.15) is 0 Å². The third-order valence-corrected chi connectivity index (χ3v) is 7.98. The molecule has 5 rings (SSSR count). The van der Waals surface area contributed by atoms with Gasteiger partial charge in [0.2, 0.25) is 0 Å². The number of nitrogens with zero attached hydrogens (tertiary/aromatic N) is 3. The molecular formula is C40H43N3. The van der Waals surface area contributed by atoms with Crippen molar-refractivity contribution in [1.29, 1.82) is 0 Å². The second-order valence-corrected chi connectivity index (χ2v) is 11.2. The highest BCUT2D eigenvalue weighted by molar-refractivity contribution is 5.81. The fourth-order valence-corrected chi connectivity index (χ4v) is 5.43. The average Bonchev–Trinajstić information content (AvgIpc) is 3.06. The van der Waals surface area contributed by atoms with E-state index in [0.29, 0.717) is 0 Å². The molecule has 5 aromatic carbocycles. The molecule has 0 bridgehead atoms. The van der Waals surface area contributed by atoms with Crippen LogP contribution in [-0.2, 0) is 12.8 Å². The van der Waals surface area contributed by atoms with E-state index in [1.807, 2.05) is 12.1 Å². The van der Waals surface area contributed by atoms with E-state index in [4.69, 9.17) is 0 Å². The first-order valence-corrected chi connectivity index (χ1v) is 15.6. The van der Waals surface area contributed by atoms with E-state index >= 15 is 0 Å². The molecule has 0 saturated carbocycles. The Morgan fingerprint density at radius 2 is 0.767 bits per heavy atom. The van der Waals surface area contributed by atoms with Crippen molar-refractivity contribution < 1.29 is 0 Å². The fraction of sp³-hybridized carbons (Fsp3) is 0.225. The topological polar surface area (TPSA) is 18.8 Å². The first-order valence-electron chi connectivity index (χ1n) is 15.6. The van der Waals surface area contributed by atoms with E-state index in [9.17, 15) is 0 Å². The summed E-state index contributed by atoms with van der Waals surface area (Å²) in [5.41, 5.74) is 11.6. The SMILES string of the molecule is C=Nc1ccc(N(c2ccc(C)cc2)c2ccc(N(c3ccc(CCCC)cc3)c3ccc(CCCC)cc3)cc2)cc1. The fourth-order valence-electron chi connectivity index (χ4n) is 5.43. The highest BCUT2D eigenvalue weighted by Crippen LogP contribution is 2.39. The first-order chi connectivity index (χ1) is 21.1. The predicted octanol–water partition coefficient (Wildman–Crippen LogP) is 12.0. The maximum atomic E-state index is 4.08. The lowest BCUT2D eigenvalue weighted by Crippen LogP contribution is -2.12. The van der Waals surface area contributed by atoms with Crippen LogP contribution in [0.5, 0.6) is 0 Å². The molecule has 0 aliphatic carbocycles. The van der Waals surface area contributed by atoms with E-state index in [0.717, 1.165) is 52.7 Å². The van der Waals surface area contributed by atoms with Crippen LogP contribution in [0.2, 0.25) is 0 Å². The van der Waals surface area contributed by atoms with E-state index in [1.165, 1.54) is 42.4 Å². The predicted molar refractivity (Wildman–Crippen MR) is 187 cm³/mol. The molecule has 0 unspecified atom stereocenters. The largest absolute Gasteiger partial charge is 0.311 e. The molecule has 218 valence electrons. The van der Waals surface area contributed by atoms with Crippen molar-refractivity contribution in [2.24, 2.45) is 4.99 Å². The van der Waals surface area contributed by atoms with Crippen LogP contribution in [0.3, 0.4) is 0 Å². The van der Waals surface area contributed by atoms with Crippen molar-refractivity contribution in [1.82, 2.24) is 0 Å². The molecule has 0 amide bonds. The number of benzene rings is 5. The molecule has 0 heterocycles. The quantitative estimate of drug-likeness (QED) is 0.132. The monoisotopic (exact) mass is 565 g/mol. The van der Waals surface area contributed by atoms with Crippen molar-refractivity contribution in [3.8, 4) is 0 Å². The van der Waals surface area contributed by atoms with Crippen LogP contribution in [0.4, 0.5) is 39.8 Å². The Hall–Kier alpha value is -4.63. The summed E-state index contributed by atoms with van der Waals surface area (Å²) in [5.74, 6) is 0. The molecule has 0 N–H and O–H groups in total. The van der Waals surface area contributed by atoms with Gasteiger partial charge in [0.25, 0.3) is 0 Å². The molecule has 3 heteroatoms. The summed E-state index contributed by atoms with van der Waals surface area (Å²) >= 11 is 0. The Balaban J connectivity index is 1.52. The van der Waals surface area contributed by atoms with Gasteiger partial charge in [-0.15, -0.1) is 0 Å². The molecule has 0 aromatic heterocycles. The van der Waals surface area contributed by atoms with Crippen LogP contribution in [0, 0.1) is 6.92 Å². The molecule has 5 aromatic rings. The Morgan fingerprint density at radius 3 is 1.09 bits per heavy atom. The maximum Gasteiger partial charge on any atom is 0.0623 e. The Bertz CT molecular complexity index is 1520. The zero-order chi connectivity index (χ0) is 30.0. The standard InChI is InChI=1S/C40H43N3/c1-5-7-9-32-13-21-36(22-14-32)43(37-23-15-33(16-24-37)10-8-6-2)40-29-27-39(28-30-40)42(35-19-11-31(3)12-20-35)38-25-17-34(41-4)18-26-38/h11-30H,4-10H2,1-3H3. The van der Waals surface area contributed by atoms with Crippen molar-refractivity contribution in [3.05, 3.63) is 138 Å². The Kier molecular flexibility index (Phi) is 10.1. The third-order valence-electron chi connectivity index (χ3n) is 7.98. The maximum absolute atomic E-state index is 4.08. The van der Waals surface area contributed by atoms with Gasteiger partial charge in [0, 0.05) is 34.1 Å². The molecular weight excluding hydrogens is 522 g/mol. The molecule has 0 spiro atoms. The van der Waals surface area contributed by atoms with Gasteiger partial charge < -0.3 is 9.80 Å². The molecule has 0 fully saturated rings. The summed E-state index contributed by atoms with van der Waals surface area (Å²) in [6.45, 7) is 10.3. The van der Waals surface area contributed by atoms with Crippen LogP contribution >= 0.6 is 0 Å². The zero-order valence-corrected chi connectivity index (χ0v) is 25.8. The minimum absolute atomic E-state index is 0.861. The summed E-state index contributed by atoms with van der Waals surface area (Å²) in [5, 5.41) is 0. The second kappa shape index (κ2) is 14.5. The van der Waals surface area contributed by atoms with Crippen molar-refractivity contribution in [2.45, 2.75) is 59.3 Å². The van der Waals surface area contributed by atoms with Crippen molar-refractivity contribution in [2.75, 3.05) is 9.80 Å². The number of aliphatic imine (C=N–C) groups is 1. The molecule has 0 saturated heterocycles. The van der Waals surface area contributed by atoms with Crippen LogP contribution in [0.25, 0.3) is 0 Å². The average molecular weight is 566 g/mol. The van der Waals surface area contributed by atoms with Crippen LogP contribution in [0.15, 0.2) is 126 Å². The lowest BCUT2D eigenvalue weighted by Gasteiger charge is -2.28. The van der Waals surface area contributed by atoms with Crippen LogP contribution < -0.4 is 9.80 Å². The third kappa shape index (κ3) is 7.42. The molecule has 43 heavy (non-hydrogen) atoms. The van der Waals surface area contributed by atoms with E-state index < -0.39 is 0 Å².